The number of benzene rings is 2. The summed E-state index contributed by atoms with van der Waals surface area (Å²) in [7, 11) is 10.8. The maximum absolute atomic E-state index is 15.6. The highest BCUT2D eigenvalue weighted by Gasteiger charge is 2.54. The predicted molar refractivity (Wildman–Crippen MR) is 386 cm³/mol. The number of hydrogen-bond donors (Lipinski definition) is 3. The second-order valence-corrected chi connectivity index (χ2v) is 30.8. The van der Waals surface area contributed by atoms with E-state index in [1.165, 1.54) is 64.0 Å². The van der Waals surface area contributed by atoms with Crippen LogP contribution in [0.1, 0.15) is 159 Å². The minimum absolute atomic E-state index is 0.0384. The van der Waals surface area contributed by atoms with Crippen molar-refractivity contribution in [2.24, 2.45) is 17.8 Å². The van der Waals surface area contributed by atoms with E-state index >= 15 is 47.1 Å². The van der Waals surface area contributed by atoms with Gasteiger partial charge >= 0.3 is 12.4 Å². The summed E-state index contributed by atoms with van der Waals surface area (Å²) in [5.41, 5.74) is -5.24. The Bertz CT molecular complexity index is 3710. The smallest absolute Gasteiger partial charge is 0.377 e. The maximum atomic E-state index is 15.6. The molecule has 0 aromatic heterocycles. The Labute approximate surface area is 636 Å². The van der Waals surface area contributed by atoms with Gasteiger partial charge in [-0.1, -0.05) is 83.1 Å². The number of amides is 12. The number of ether oxygens (including phenoxy) is 1. The molecule has 0 radical (unpaired) electrons. The van der Waals surface area contributed by atoms with Gasteiger partial charge in [-0.05, 0) is 124 Å². The summed E-state index contributed by atoms with van der Waals surface area (Å²) >= 11 is 0. The SMILES string of the molecule is CCO[C@@H]1C[C@H]2C(=O)NC3(CCC3)C(=O)N(C)[C@@H](C3CCCC3)C(=O)N(C)[C@H](C(=O)N(C)C)CC(=O)N(C)[C@@H](CC3CCCC3)C(=O)N[C@@H]([C@@H](C)CC)C(=O)N(C)CC(=O)N(C)[C@H]3C/C=C\CCN(C3=O)[C@@H](Cc3ccc(C(F)(F)F)cc3)C(=O)N(C)CC(=O)N[C@H](CCc3cc(F)c(C(F)(F)F)c(F)c3)C(=O)N2C1. The molecule has 3 heterocycles. The van der Waals surface area contributed by atoms with E-state index in [-0.39, 0.29) is 69.7 Å². The number of carbonyl (C=O) groups excluding carboxylic acids is 12. The predicted octanol–water partition coefficient (Wildman–Crippen LogP) is 6.27. The zero-order chi connectivity index (χ0) is 81.2. The molecule has 608 valence electrons. The fourth-order valence-corrected chi connectivity index (χ4v) is 16.2. The van der Waals surface area contributed by atoms with Gasteiger partial charge in [0.15, 0.2) is 0 Å². The molecule has 0 unspecified atom stereocenters. The van der Waals surface area contributed by atoms with Crippen molar-refractivity contribution in [2.45, 2.75) is 222 Å². The first-order chi connectivity index (χ1) is 51.7. The molecule has 1 spiro atoms. The number of rotatable bonds is 13. The number of fused-ring (bicyclic) bond motifs is 3. The number of nitrogens with one attached hydrogen (secondary N) is 3. The van der Waals surface area contributed by atoms with Gasteiger partial charge in [0.25, 0.3) is 0 Å². The molecule has 110 heavy (non-hydrogen) atoms. The van der Waals surface area contributed by atoms with Crippen molar-refractivity contribution in [3.63, 3.8) is 0 Å². The molecule has 10 atom stereocenters. The van der Waals surface area contributed by atoms with Crippen molar-refractivity contribution < 1.29 is 97.4 Å². The first kappa shape index (κ1) is 86.8. The summed E-state index contributed by atoms with van der Waals surface area (Å²) < 4.78 is 120. The Morgan fingerprint density at radius 2 is 1.27 bits per heavy atom. The lowest BCUT2D eigenvalue weighted by Gasteiger charge is -2.46. The van der Waals surface area contributed by atoms with E-state index in [0.717, 1.165) is 86.4 Å². The van der Waals surface area contributed by atoms with Gasteiger partial charge in [0, 0.05) is 88.9 Å². The zero-order valence-electron chi connectivity index (χ0n) is 64.6. The number of halogens is 8. The molecule has 2 aromatic carbocycles. The normalized spacial score (nSPS) is 26.7. The van der Waals surface area contributed by atoms with E-state index in [4.69, 9.17) is 4.74 Å². The number of carbonyl (C=O) groups is 12. The highest BCUT2D eigenvalue weighted by atomic mass is 19.4. The Balaban J connectivity index is 1.23. The molecule has 8 rings (SSSR count). The van der Waals surface area contributed by atoms with Crippen molar-refractivity contribution in [1.82, 2.24) is 60.0 Å². The molecule has 33 heteroatoms. The van der Waals surface area contributed by atoms with E-state index in [9.17, 15) is 45.5 Å². The first-order valence-electron chi connectivity index (χ1n) is 38.0. The van der Waals surface area contributed by atoms with E-state index in [2.05, 4.69) is 16.0 Å². The molecule has 25 nitrogen and oxygen atoms in total. The summed E-state index contributed by atoms with van der Waals surface area (Å²) in [6.45, 7) is 2.98. The first-order valence-corrected chi connectivity index (χ1v) is 38.0. The minimum atomic E-state index is -5.46. The van der Waals surface area contributed by atoms with Crippen LogP contribution in [0.25, 0.3) is 0 Å². The topological polar surface area (TPSA) is 279 Å². The Morgan fingerprint density at radius 1 is 0.655 bits per heavy atom. The molecule has 3 saturated carbocycles. The maximum Gasteiger partial charge on any atom is 0.422 e. The molecule has 3 aliphatic carbocycles. The number of alkyl halides is 6. The van der Waals surface area contributed by atoms with Crippen LogP contribution >= 0.6 is 0 Å². The fourth-order valence-electron chi connectivity index (χ4n) is 16.2. The molecule has 3 N–H and O–H groups in total. The monoisotopic (exact) mass is 1560 g/mol. The third kappa shape index (κ3) is 20.5. The van der Waals surface area contributed by atoms with Crippen LogP contribution in [0.3, 0.4) is 0 Å². The average molecular weight is 1560 g/mol. The van der Waals surface area contributed by atoms with Crippen LogP contribution in [0.2, 0.25) is 0 Å². The molecule has 2 bridgehead atoms. The lowest BCUT2D eigenvalue weighted by atomic mass is 9.74. The third-order valence-corrected chi connectivity index (χ3v) is 23.1. The van der Waals surface area contributed by atoms with Crippen LogP contribution < -0.4 is 16.0 Å². The summed E-state index contributed by atoms with van der Waals surface area (Å²) in [6.07, 6.45) is -4.08. The lowest BCUT2D eigenvalue weighted by molar-refractivity contribution is -0.158. The summed E-state index contributed by atoms with van der Waals surface area (Å²) in [5.74, 6) is -15.0. The fraction of sp³-hybridized carbons (Fsp3) is 0.662. The van der Waals surface area contributed by atoms with E-state index in [0.29, 0.717) is 50.7 Å². The van der Waals surface area contributed by atoms with Crippen molar-refractivity contribution in [2.75, 3.05) is 89.2 Å². The molecule has 5 fully saturated rings. The second kappa shape index (κ2) is 37.0. The average Bonchev–Trinajstić information content (AvgIpc) is 1.58. The third-order valence-electron chi connectivity index (χ3n) is 23.1. The number of aryl methyl sites for hydroxylation is 1. The zero-order valence-corrected chi connectivity index (χ0v) is 64.6. The van der Waals surface area contributed by atoms with E-state index in [1.54, 1.807) is 32.9 Å². The quantitative estimate of drug-likeness (QED) is 0.147. The number of likely N-dealkylation sites (N-methyl/N-ethyl adjacent to an activating group) is 7. The Hall–Kier alpha value is -8.78. The van der Waals surface area contributed by atoms with Gasteiger partial charge in [-0.25, -0.2) is 8.78 Å². The molecule has 12 amide bonds. The second-order valence-electron chi connectivity index (χ2n) is 30.8. The standard InChI is InChI=1S/C77H106F8N12O13/c1-12-45(3)64-72(107)91(7)44-62(100)92(8)55-26-15-14-20-35-96(71(55)106)59(39-47-27-30-50(31-28-47)76(80,81)82)70(105)90(6)43-60(98)86-54(32-29-48-36-52(78)63(53(79)37-48)77(83,84)85)68(103)97-42-51(110-13-2)40-57(97)67(102)88-75(33-21-34-75)74(109)95(11)65(49-24-18-19-25-49)73(108)94(10)58(69(104)89(4)5)41-61(99)93(9)56(66(101)87-64)38-46-22-16-17-23-46/h14-15,27-28,30-31,36-37,45-46,49,51,54-59,64-65H,12-13,16-26,29,32-35,38-44H2,1-11H3,(H,86,98)(H,87,101)(H,88,102)/b15-14-/t45-,51+,54+,55-,56-,57-,58-,59-,64-,65-/m0/s1. The highest BCUT2D eigenvalue weighted by molar-refractivity contribution is 6.01. The lowest BCUT2D eigenvalue weighted by Crippen LogP contribution is -2.68. The Kier molecular flexibility index (Phi) is 29.2. The summed E-state index contributed by atoms with van der Waals surface area (Å²) in [5, 5.41) is 8.35. The van der Waals surface area contributed by atoms with E-state index in [1.807, 2.05) is 0 Å². The van der Waals surface area contributed by atoms with E-state index < -0.39 is 222 Å². The van der Waals surface area contributed by atoms with Crippen LogP contribution in [0.4, 0.5) is 35.1 Å². The van der Waals surface area contributed by atoms with Crippen molar-refractivity contribution >= 4 is 70.9 Å². The molecule has 2 aromatic rings. The van der Waals surface area contributed by atoms with Gasteiger partial charge in [-0.15, -0.1) is 0 Å². The van der Waals surface area contributed by atoms with Crippen molar-refractivity contribution in [3.05, 3.63) is 82.4 Å². The van der Waals surface area contributed by atoms with Gasteiger partial charge in [0.05, 0.1) is 31.2 Å². The molecule has 3 aliphatic heterocycles. The van der Waals surface area contributed by atoms with Gasteiger partial charge in [0.1, 0.15) is 71.1 Å². The molecular weight excluding hydrogens is 1450 g/mol. The largest absolute Gasteiger partial charge is 0.422 e. The van der Waals surface area contributed by atoms with Gasteiger partial charge in [-0.2, -0.15) is 26.3 Å². The van der Waals surface area contributed by atoms with Gasteiger partial charge < -0.3 is 64.8 Å². The highest BCUT2D eigenvalue weighted by Crippen LogP contribution is 2.40. The Morgan fingerprint density at radius 3 is 1.85 bits per heavy atom. The van der Waals surface area contributed by atoms with Crippen LogP contribution in [0.5, 0.6) is 0 Å². The number of hydrogen-bond acceptors (Lipinski definition) is 13. The van der Waals surface area contributed by atoms with Crippen LogP contribution in [-0.2, 0) is 87.5 Å². The van der Waals surface area contributed by atoms with Crippen LogP contribution in [0, 0.1) is 29.4 Å². The summed E-state index contributed by atoms with van der Waals surface area (Å²) in [6, 6.07) is -7.20. The van der Waals surface area contributed by atoms with Gasteiger partial charge in [-0.3, -0.25) is 57.5 Å². The minimum Gasteiger partial charge on any atom is -0.377 e. The van der Waals surface area contributed by atoms with Gasteiger partial charge in [0.2, 0.25) is 70.9 Å². The molecular formula is C77H106F8N12O13. The summed E-state index contributed by atoms with van der Waals surface area (Å²) in [4.78, 5) is 192. The number of nitrogens with zero attached hydrogens (tertiary/aromatic N) is 9. The van der Waals surface area contributed by atoms with Crippen molar-refractivity contribution in [1.29, 1.82) is 0 Å². The molecule has 6 aliphatic rings. The van der Waals surface area contributed by atoms with Crippen LogP contribution in [0.15, 0.2) is 48.6 Å². The molecule has 2 saturated heterocycles. The van der Waals surface area contributed by atoms with Crippen molar-refractivity contribution in [3.8, 4) is 0 Å². The van der Waals surface area contributed by atoms with Crippen LogP contribution in [-0.4, -0.2) is 264 Å².